The molecule has 2 aromatic rings. The predicted molar refractivity (Wildman–Crippen MR) is 94.3 cm³/mol. The highest BCUT2D eigenvalue weighted by Gasteiger charge is 2.21. The summed E-state index contributed by atoms with van der Waals surface area (Å²) in [5.74, 6) is 0.603. The zero-order valence-electron chi connectivity index (χ0n) is 12.0. The number of carbonyl (C=O) groups is 1. The number of hydrogen-bond acceptors (Lipinski definition) is 4. The van der Waals surface area contributed by atoms with E-state index in [1.54, 1.807) is 18.2 Å². The average Bonchev–Trinajstić information content (AvgIpc) is 2.81. The molecule has 2 heterocycles. The summed E-state index contributed by atoms with van der Waals surface area (Å²) in [4.78, 5) is 16.3. The third-order valence-electron chi connectivity index (χ3n) is 3.20. The largest absolute Gasteiger partial charge is 0.490 e. The van der Waals surface area contributed by atoms with Crippen LogP contribution in [0.3, 0.4) is 0 Å². The van der Waals surface area contributed by atoms with Crippen LogP contribution in [0.1, 0.15) is 16.9 Å². The third kappa shape index (κ3) is 3.49. The Bertz CT molecular complexity index is 814. The van der Waals surface area contributed by atoms with Crippen LogP contribution in [-0.4, -0.2) is 24.1 Å². The molecule has 9 heteroatoms. The van der Waals surface area contributed by atoms with E-state index >= 15 is 0 Å². The first-order valence-corrected chi connectivity index (χ1v) is 8.39. The topological polar surface area (TPSA) is 60.5 Å². The van der Waals surface area contributed by atoms with Gasteiger partial charge in [-0.25, -0.2) is 4.98 Å². The molecule has 0 unspecified atom stereocenters. The van der Waals surface area contributed by atoms with Crippen LogP contribution in [0.4, 0.5) is 5.69 Å². The molecule has 0 bridgehead atoms. The fourth-order valence-corrected chi connectivity index (χ4v) is 2.88. The Kier molecular flexibility index (Phi) is 5.25. The summed E-state index contributed by atoms with van der Waals surface area (Å²) < 4.78 is 11.1. The zero-order chi connectivity index (χ0) is 17.3. The van der Waals surface area contributed by atoms with Gasteiger partial charge >= 0.3 is 0 Å². The van der Waals surface area contributed by atoms with Crippen molar-refractivity contribution >= 4 is 58.0 Å². The van der Waals surface area contributed by atoms with Gasteiger partial charge < -0.3 is 14.8 Å². The molecule has 0 fully saturated rings. The molecule has 0 radical (unpaired) electrons. The molecule has 0 saturated heterocycles. The lowest BCUT2D eigenvalue weighted by molar-refractivity contribution is 0.102. The highest BCUT2D eigenvalue weighted by atomic mass is 35.5. The summed E-state index contributed by atoms with van der Waals surface area (Å²) in [7, 11) is 0. The van der Waals surface area contributed by atoms with E-state index in [0.717, 1.165) is 6.42 Å². The summed E-state index contributed by atoms with van der Waals surface area (Å²) >= 11 is 23.7. The van der Waals surface area contributed by atoms with Gasteiger partial charge in [-0.05, 0) is 12.1 Å². The molecule has 24 heavy (non-hydrogen) atoms. The maximum atomic E-state index is 12.4. The second-order valence-electron chi connectivity index (χ2n) is 4.86. The molecule has 1 aromatic carbocycles. The monoisotopic (exact) mass is 406 g/mol. The molecule has 1 aliphatic heterocycles. The average molecular weight is 408 g/mol. The zero-order valence-corrected chi connectivity index (χ0v) is 15.1. The Hall–Kier alpha value is -1.40. The highest BCUT2D eigenvalue weighted by molar-refractivity contribution is 6.52. The first kappa shape index (κ1) is 17.4. The van der Waals surface area contributed by atoms with Gasteiger partial charge in [-0.15, -0.1) is 0 Å². The lowest BCUT2D eigenvalue weighted by Gasteiger charge is -2.11. The van der Waals surface area contributed by atoms with Crippen LogP contribution in [-0.2, 0) is 0 Å². The lowest BCUT2D eigenvalue weighted by atomic mass is 10.2. The lowest BCUT2D eigenvalue weighted by Crippen LogP contribution is -2.15. The van der Waals surface area contributed by atoms with E-state index < -0.39 is 5.91 Å². The number of hydrogen-bond donors (Lipinski definition) is 1. The Morgan fingerprint density at radius 2 is 1.71 bits per heavy atom. The molecular weight excluding hydrogens is 398 g/mol. The second kappa shape index (κ2) is 7.23. The molecule has 126 valence electrons. The number of amides is 1. The van der Waals surface area contributed by atoms with E-state index in [4.69, 9.17) is 55.9 Å². The summed E-state index contributed by atoms with van der Waals surface area (Å²) in [5.41, 5.74) is 0.368. The Balaban J connectivity index is 1.87. The number of anilines is 1. The van der Waals surface area contributed by atoms with Gasteiger partial charge in [0.1, 0.15) is 10.8 Å². The van der Waals surface area contributed by atoms with Crippen LogP contribution in [0, 0.1) is 0 Å². The SMILES string of the molecule is O=C(Nc1ccc2c(c1)OCCCO2)c1nc(Cl)c(Cl)c(Cl)c1Cl. The number of rotatable bonds is 2. The fourth-order valence-electron chi connectivity index (χ4n) is 2.07. The molecule has 3 rings (SSSR count). The number of nitrogens with one attached hydrogen (secondary N) is 1. The maximum absolute atomic E-state index is 12.4. The van der Waals surface area contributed by atoms with Crippen LogP contribution >= 0.6 is 46.4 Å². The van der Waals surface area contributed by atoms with Crippen molar-refractivity contribution < 1.29 is 14.3 Å². The van der Waals surface area contributed by atoms with Crippen molar-refractivity contribution in [3.8, 4) is 11.5 Å². The minimum absolute atomic E-state index is 0.00420. The van der Waals surface area contributed by atoms with E-state index in [2.05, 4.69) is 10.3 Å². The van der Waals surface area contributed by atoms with Gasteiger partial charge in [-0.3, -0.25) is 4.79 Å². The minimum atomic E-state index is -0.574. The maximum Gasteiger partial charge on any atom is 0.275 e. The standard InChI is InChI=1S/C15H10Cl4N2O3/c16-10-11(17)13(21-14(19)12(10)18)15(22)20-7-2-3-8-9(6-7)24-5-1-4-23-8/h2-3,6H,1,4-5H2,(H,20,22). The van der Waals surface area contributed by atoms with Gasteiger partial charge in [0.25, 0.3) is 5.91 Å². The number of nitrogens with zero attached hydrogens (tertiary/aromatic N) is 1. The van der Waals surface area contributed by atoms with Gasteiger partial charge in [0.15, 0.2) is 11.5 Å². The van der Waals surface area contributed by atoms with Crippen LogP contribution in [0.2, 0.25) is 20.2 Å². The van der Waals surface area contributed by atoms with Crippen molar-refractivity contribution in [1.29, 1.82) is 0 Å². The van der Waals surface area contributed by atoms with Crippen LogP contribution in [0.25, 0.3) is 0 Å². The number of carbonyl (C=O) groups excluding carboxylic acids is 1. The molecule has 0 saturated carbocycles. The molecule has 1 aliphatic rings. The molecular formula is C15H10Cl4N2O3. The second-order valence-corrected chi connectivity index (χ2v) is 6.35. The van der Waals surface area contributed by atoms with E-state index in [1.165, 1.54) is 0 Å². The number of halogens is 4. The number of fused-ring (bicyclic) bond motifs is 1. The minimum Gasteiger partial charge on any atom is -0.490 e. The molecule has 0 aliphatic carbocycles. The van der Waals surface area contributed by atoms with Crippen LogP contribution < -0.4 is 14.8 Å². The van der Waals surface area contributed by atoms with Crippen molar-refractivity contribution in [2.45, 2.75) is 6.42 Å². The van der Waals surface area contributed by atoms with Gasteiger partial charge in [-0.2, -0.15) is 0 Å². The van der Waals surface area contributed by atoms with Crippen LogP contribution in [0.15, 0.2) is 18.2 Å². The van der Waals surface area contributed by atoms with E-state index in [-0.39, 0.29) is 25.9 Å². The Morgan fingerprint density at radius 3 is 2.46 bits per heavy atom. The van der Waals surface area contributed by atoms with Gasteiger partial charge in [0, 0.05) is 18.2 Å². The van der Waals surface area contributed by atoms with Crippen molar-refractivity contribution in [1.82, 2.24) is 4.98 Å². The highest BCUT2D eigenvalue weighted by Crippen LogP contribution is 2.37. The first-order valence-electron chi connectivity index (χ1n) is 6.88. The van der Waals surface area contributed by atoms with Crippen molar-refractivity contribution in [3.05, 3.63) is 44.1 Å². The molecule has 1 N–H and O–H groups in total. The van der Waals surface area contributed by atoms with Crippen LogP contribution in [0.5, 0.6) is 11.5 Å². The molecule has 0 spiro atoms. The van der Waals surface area contributed by atoms with E-state index in [9.17, 15) is 4.79 Å². The quantitative estimate of drug-likeness (QED) is 0.702. The first-order chi connectivity index (χ1) is 11.5. The Morgan fingerprint density at radius 1 is 1.00 bits per heavy atom. The number of pyridine rings is 1. The summed E-state index contributed by atoms with van der Waals surface area (Å²) in [6, 6.07) is 5.05. The van der Waals surface area contributed by atoms with Gasteiger partial charge in [0.2, 0.25) is 0 Å². The summed E-state index contributed by atoms with van der Waals surface area (Å²) in [5, 5.41) is 2.46. The molecule has 0 atom stereocenters. The summed E-state index contributed by atoms with van der Waals surface area (Å²) in [6.45, 7) is 1.13. The van der Waals surface area contributed by atoms with Crippen molar-refractivity contribution in [3.63, 3.8) is 0 Å². The van der Waals surface area contributed by atoms with Gasteiger partial charge in [-0.1, -0.05) is 46.4 Å². The Labute approximate surface area is 157 Å². The molecule has 1 amide bonds. The molecule has 5 nitrogen and oxygen atoms in total. The number of aromatic nitrogens is 1. The van der Waals surface area contributed by atoms with E-state index in [1.807, 2.05) is 0 Å². The number of ether oxygens (including phenoxy) is 2. The smallest absolute Gasteiger partial charge is 0.275 e. The van der Waals surface area contributed by atoms with Gasteiger partial charge in [0.05, 0.1) is 28.3 Å². The normalized spacial score (nSPS) is 13.3. The molecule has 1 aromatic heterocycles. The van der Waals surface area contributed by atoms with Crippen molar-refractivity contribution in [2.24, 2.45) is 0 Å². The predicted octanol–water partition coefficient (Wildman–Crippen LogP) is 5.11. The van der Waals surface area contributed by atoms with Crippen molar-refractivity contribution in [2.75, 3.05) is 18.5 Å². The fraction of sp³-hybridized carbons (Fsp3) is 0.200. The summed E-state index contributed by atoms with van der Waals surface area (Å²) in [6.07, 6.45) is 0.789. The van der Waals surface area contributed by atoms with E-state index in [0.29, 0.717) is 30.4 Å². The number of benzene rings is 1. The third-order valence-corrected chi connectivity index (χ3v) is 4.88.